The average Bonchev–Trinajstić information content (AvgIpc) is 3.30. The van der Waals surface area contributed by atoms with Crippen LogP contribution in [0.3, 0.4) is 0 Å². The fourth-order valence-corrected chi connectivity index (χ4v) is 4.89. The molecule has 1 aromatic heterocycles. The Labute approximate surface area is 221 Å². The number of alkyl halides is 3. The van der Waals surface area contributed by atoms with Crippen molar-refractivity contribution in [1.29, 1.82) is 0 Å². The fourth-order valence-electron chi connectivity index (χ4n) is 4.89. The number of aryl methyl sites for hydroxylation is 1. The maximum absolute atomic E-state index is 12.8. The molecule has 1 aromatic carbocycles. The summed E-state index contributed by atoms with van der Waals surface area (Å²) in [6.07, 6.45) is 1.25. The van der Waals surface area contributed by atoms with Gasteiger partial charge in [-0.05, 0) is 82.9 Å². The second-order valence-electron chi connectivity index (χ2n) is 10.2. The van der Waals surface area contributed by atoms with Crippen molar-refractivity contribution in [3.63, 3.8) is 0 Å². The van der Waals surface area contributed by atoms with Gasteiger partial charge in [-0.2, -0.15) is 13.2 Å². The quantitative estimate of drug-likeness (QED) is 0.542. The van der Waals surface area contributed by atoms with E-state index in [1.54, 1.807) is 29.2 Å². The van der Waals surface area contributed by atoms with Crippen LogP contribution in [0, 0.1) is 18.8 Å². The second kappa shape index (κ2) is 12.6. The summed E-state index contributed by atoms with van der Waals surface area (Å²) < 4.78 is 38.4. The van der Waals surface area contributed by atoms with Gasteiger partial charge < -0.3 is 20.2 Å². The summed E-state index contributed by atoms with van der Waals surface area (Å²) in [5, 5.41) is 11.5. The summed E-state index contributed by atoms with van der Waals surface area (Å²) in [6, 6.07) is 6.97. The zero-order chi connectivity index (χ0) is 28.0. The number of hydrogen-bond acceptors (Lipinski definition) is 6. The van der Waals surface area contributed by atoms with E-state index >= 15 is 0 Å². The molecule has 1 aliphatic heterocycles. The third-order valence-electron chi connectivity index (χ3n) is 7.41. The zero-order valence-corrected chi connectivity index (χ0v) is 22.3. The van der Waals surface area contributed by atoms with E-state index in [9.17, 15) is 22.8 Å². The predicted octanol–water partition coefficient (Wildman–Crippen LogP) is 5.22. The molecule has 2 heterocycles. The Morgan fingerprint density at radius 1 is 1.11 bits per heavy atom. The number of carboxylic acids is 1. The molecule has 2 atom stereocenters. The van der Waals surface area contributed by atoms with E-state index in [1.165, 1.54) is 6.92 Å². The van der Waals surface area contributed by atoms with E-state index in [0.717, 1.165) is 51.4 Å². The van der Waals surface area contributed by atoms with Crippen LogP contribution in [-0.4, -0.2) is 70.0 Å². The number of likely N-dealkylation sites (tertiary alicyclic amines) is 1. The highest BCUT2D eigenvalue weighted by Gasteiger charge is 2.33. The first-order valence-corrected chi connectivity index (χ1v) is 12.8. The Balaban J connectivity index is 0.000000375. The van der Waals surface area contributed by atoms with Crippen LogP contribution in [0.25, 0.3) is 0 Å². The van der Waals surface area contributed by atoms with E-state index in [0.29, 0.717) is 17.2 Å². The number of benzene rings is 1. The molecule has 2 N–H and O–H groups in total. The molecule has 2 aliphatic rings. The van der Waals surface area contributed by atoms with Crippen LogP contribution in [0.4, 0.5) is 24.8 Å². The molecule has 11 heteroatoms. The summed E-state index contributed by atoms with van der Waals surface area (Å²) in [7, 11) is 3.90. The molecule has 1 saturated carbocycles. The first-order chi connectivity index (χ1) is 17.9. The van der Waals surface area contributed by atoms with Gasteiger partial charge in [-0.3, -0.25) is 9.59 Å². The number of hydrogen-bond donors (Lipinski definition) is 2. The van der Waals surface area contributed by atoms with Crippen LogP contribution in [-0.2, 0) is 11.0 Å². The first kappa shape index (κ1) is 29.3. The monoisotopic (exact) mass is 535 g/mol. The van der Waals surface area contributed by atoms with E-state index in [2.05, 4.69) is 27.2 Å². The van der Waals surface area contributed by atoms with Crippen LogP contribution in [0.2, 0.25) is 0 Å². The smallest absolute Gasteiger partial charge is 0.419 e. The van der Waals surface area contributed by atoms with Gasteiger partial charge in [-0.1, -0.05) is 13.3 Å². The summed E-state index contributed by atoms with van der Waals surface area (Å²) in [5.74, 6) is -0.238. The molecule has 0 spiro atoms. The molecule has 1 aliphatic carbocycles. The van der Waals surface area contributed by atoms with Crippen molar-refractivity contribution in [3.05, 3.63) is 47.3 Å². The Morgan fingerprint density at radius 2 is 1.74 bits per heavy atom. The van der Waals surface area contributed by atoms with Gasteiger partial charge >= 0.3 is 12.1 Å². The Kier molecular flexibility index (Phi) is 9.70. The molecule has 1 unspecified atom stereocenters. The van der Waals surface area contributed by atoms with Gasteiger partial charge in [0.2, 0.25) is 5.95 Å². The largest absolute Gasteiger partial charge is 0.481 e. The number of nitrogens with zero attached hydrogens (tertiary/aromatic N) is 4. The lowest BCUT2D eigenvalue weighted by atomic mass is 9.99. The lowest BCUT2D eigenvalue weighted by Gasteiger charge is -2.35. The molecular weight excluding hydrogens is 499 g/mol. The Morgan fingerprint density at radius 3 is 2.21 bits per heavy atom. The normalized spacial score (nSPS) is 20.4. The van der Waals surface area contributed by atoms with E-state index in [4.69, 9.17) is 5.11 Å². The minimum absolute atomic E-state index is 0.0484. The van der Waals surface area contributed by atoms with Gasteiger partial charge in [0.1, 0.15) is 0 Å². The van der Waals surface area contributed by atoms with E-state index in [1.807, 2.05) is 14.0 Å². The van der Waals surface area contributed by atoms with Crippen molar-refractivity contribution < 1.29 is 27.9 Å². The van der Waals surface area contributed by atoms with Gasteiger partial charge in [-0.25, -0.2) is 9.97 Å². The number of carboxylic acid groups (broad SMARTS) is 1. The average molecular weight is 536 g/mol. The van der Waals surface area contributed by atoms with Crippen molar-refractivity contribution in [1.82, 2.24) is 19.8 Å². The minimum atomic E-state index is -4.48. The summed E-state index contributed by atoms with van der Waals surface area (Å²) in [6.45, 7) is 5.25. The van der Waals surface area contributed by atoms with Crippen molar-refractivity contribution in [2.75, 3.05) is 32.5 Å². The van der Waals surface area contributed by atoms with Gasteiger partial charge in [0.15, 0.2) is 0 Å². The molecule has 1 saturated heterocycles. The highest BCUT2D eigenvalue weighted by atomic mass is 19.4. The van der Waals surface area contributed by atoms with Gasteiger partial charge in [0.25, 0.3) is 5.91 Å². The number of aliphatic carboxylic acids is 1. The predicted molar refractivity (Wildman–Crippen MR) is 138 cm³/mol. The number of anilines is 2. The molecule has 2 fully saturated rings. The van der Waals surface area contributed by atoms with E-state index in [-0.39, 0.29) is 29.5 Å². The summed E-state index contributed by atoms with van der Waals surface area (Å²) in [4.78, 5) is 34.8. The van der Waals surface area contributed by atoms with Crippen LogP contribution < -0.4 is 5.32 Å². The Bertz CT molecular complexity index is 1100. The fraction of sp³-hybridized carbons (Fsp3) is 0.556. The highest BCUT2D eigenvalue weighted by Crippen LogP contribution is 2.32. The number of nitrogens with one attached hydrogen (secondary N) is 1. The van der Waals surface area contributed by atoms with Crippen LogP contribution in [0.1, 0.15) is 60.6 Å². The van der Waals surface area contributed by atoms with E-state index < -0.39 is 17.7 Å². The number of halogens is 3. The molecule has 38 heavy (non-hydrogen) atoms. The third kappa shape index (κ3) is 7.66. The number of rotatable bonds is 5. The standard InChI is InChI=1S/C20H24F3N5O.C7H12O2/c1-13-17(20(21,22)23)12-24-19(25-13)26-15-6-4-14(5-7-15)18(29)28(3)16-8-10-27(2)11-9-16;1-5-3-2-4-6(5)7(8)9/h4-7,12,16H,8-11H2,1-3H3,(H,24,25,26);5-6H,2-4H2,1H3,(H,8,9)/t;5-,6?/m.1/s1. The molecule has 1 amide bonds. The van der Waals surface area contributed by atoms with Crippen molar-refractivity contribution >= 4 is 23.5 Å². The van der Waals surface area contributed by atoms with Crippen LogP contribution in [0.15, 0.2) is 30.5 Å². The number of amides is 1. The maximum atomic E-state index is 12.8. The molecule has 2 aromatic rings. The van der Waals surface area contributed by atoms with Crippen molar-refractivity contribution in [3.8, 4) is 0 Å². The van der Waals surface area contributed by atoms with Crippen LogP contribution in [0.5, 0.6) is 0 Å². The minimum Gasteiger partial charge on any atom is -0.481 e. The summed E-state index contributed by atoms with van der Waals surface area (Å²) >= 11 is 0. The first-order valence-electron chi connectivity index (χ1n) is 12.8. The number of carbonyl (C=O) groups excluding carboxylic acids is 1. The molecular formula is C27H36F3N5O3. The van der Waals surface area contributed by atoms with Crippen molar-refractivity contribution in [2.45, 2.75) is 58.2 Å². The molecule has 208 valence electrons. The van der Waals surface area contributed by atoms with Crippen LogP contribution >= 0.6 is 0 Å². The lowest BCUT2D eigenvalue weighted by molar-refractivity contribution is -0.142. The molecule has 4 rings (SSSR count). The lowest BCUT2D eigenvalue weighted by Crippen LogP contribution is -2.44. The third-order valence-corrected chi connectivity index (χ3v) is 7.41. The highest BCUT2D eigenvalue weighted by molar-refractivity contribution is 5.94. The number of piperidine rings is 1. The number of aromatic nitrogens is 2. The van der Waals surface area contributed by atoms with Gasteiger partial charge in [0, 0.05) is 30.5 Å². The SMILES string of the molecule is C[C@@H]1CCCC1C(=O)O.Cc1nc(Nc2ccc(C(=O)N(C)C3CCN(C)CC3)cc2)ncc1C(F)(F)F. The molecule has 8 nitrogen and oxygen atoms in total. The van der Waals surface area contributed by atoms with Gasteiger partial charge in [-0.15, -0.1) is 0 Å². The zero-order valence-electron chi connectivity index (χ0n) is 22.3. The second-order valence-corrected chi connectivity index (χ2v) is 10.2. The molecule has 0 bridgehead atoms. The Hall–Kier alpha value is -3.21. The van der Waals surface area contributed by atoms with Crippen molar-refractivity contribution in [2.24, 2.45) is 11.8 Å². The number of carbonyl (C=O) groups is 2. The maximum Gasteiger partial charge on any atom is 0.419 e. The molecule has 0 radical (unpaired) electrons. The van der Waals surface area contributed by atoms with Gasteiger partial charge in [0.05, 0.1) is 17.2 Å². The summed E-state index contributed by atoms with van der Waals surface area (Å²) in [5.41, 5.74) is 0.131. The topological polar surface area (TPSA) is 98.7 Å².